The van der Waals surface area contributed by atoms with E-state index in [1.807, 2.05) is 44.4 Å². The van der Waals surface area contributed by atoms with E-state index in [1.165, 1.54) is 0 Å². The summed E-state index contributed by atoms with van der Waals surface area (Å²) in [7, 11) is 3.84. The van der Waals surface area contributed by atoms with Gasteiger partial charge in [0.25, 0.3) is 0 Å². The third-order valence-electron chi connectivity index (χ3n) is 7.20. The molecule has 1 aliphatic carbocycles. The van der Waals surface area contributed by atoms with E-state index < -0.39 is 41.8 Å². The summed E-state index contributed by atoms with van der Waals surface area (Å²) in [6.07, 6.45) is -6.16. The van der Waals surface area contributed by atoms with Crippen LogP contribution in [0.15, 0.2) is 42.7 Å². The largest absolute Gasteiger partial charge is 0.451 e. The Morgan fingerprint density at radius 3 is 2.00 bits per heavy atom. The minimum atomic E-state index is -4.77. The number of anilines is 1. The minimum Gasteiger partial charge on any atom is -0.308 e. The summed E-state index contributed by atoms with van der Waals surface area (Å²) in [5.74, 6) is -1.38. The number of amides is 2. The lowest BCUT2D eigenvalue weighted by Gasteiger charge is -2.51. The minimum absolute atomic E-state index is 0.0699. The molecule has 1 aromatic heterocycles. The summed E-state index contributed by atoms with van der Waals surface area (Å²) >= 11 is 0. The van der Waals surface area contributed by atoms with Gasteiger partial charge in [0.15, 0.2) is 0 Å². The Bertz CT molecular complexity index is 1050. The Balaban J connectivity index is 1.66. The first kappa shape index (κ1) is 25.2. The lowest BCUT2D eigenvalue weighted by molar-refractivity contribution is -0.150. The van der Waals surface area contributed by atoms with Gasteiger partial charge in [-0.15, -0.1) is 0 Å². The van der Waals surface area contributed by atoms with Gasteiger partial charge in [0.1, 0.15) is 6.54 Å². The number of rotatable bonds is 4. The Labute approximate surface area is 198 Å². The summed E-state index contributed by atoms with van der Waals surface area (Å²) in [4.78, 5) is 23.6. The molecule has 0 bridgehead atoms. The summed E-state index contributed by atoms with van der Waals surface area (Å²) in [6, 6.07) is 8.76. The van der Waals surface area contributed by atoms with Crippen LogP contribution in [0, 0.1) is 0 Å². The van der Waals surface area contributed by atoms with Crippen LogP contribution in [0.5, 0.6) is 0 Å². The van der Waals surface area contributed by atoms with Crippen molar-refractivity contribution < 1.29 is 31.1 Å². The first-order valence-corrected chi connectivity index (χ1v) is 11.1. The van der Waals surface area contributed by atoms with Crippen molar-refractivity contribution in [3.8, 4) is 0 Å². The van der Waals surface area contributed by atoms with Crippen molar-refractivity contribution in [1.82, 2.24) is 19.8 Å². The van der Waals surface area contributed by atoms with Crippen LogP contribution in [0.25, 0.3) is 0 Å². The van der Waals surface area contributed by atoms with Crippen LogP contribution in [-0.2, 0) is 11.7 Å². The fourth-order valence-corrected chi connectivity index (χ4v) is 5.32. The summed E-state index contributed by atoms with van der Waals surface area (Å²) < 4.78 is 79.0. The third-order valence-corrected chi connectivity index (χ3v) is 7.20. The predicted octanol–water partition coefficient (Wildman–Crippen LogP) is 5.07. The topological polar surface area (TPSA) is 52.6 Å². The van der Waals surface area contributed by atoms with Gasteiger partial charge in [0.2, 0.25) is 5.82 Å². The third kappa shape index (κ3) is 4.67. The lowest BCUT2D eigenvalue weighted by Crippen LogP contribution is -2.57. The van der Waals surface area contributed by atoms with E-state index in [1.54, 1.807) is 0 Å². The quantitative estimate of drug-likeness (QED) is 0.549. The van der Waals surface area contributed by atoms with Crippen molar-refractivity contribution in [3.05, 3.63) is 54.1 Å². The SMILES string of the molecule is CN(C)[C@]1(c2ccccc2)CC[C@]2(CC1)CN(c1cnc(C(F)(F)F)nc1)C(=O)N2CC(F)(F)F. The van der Waals surface area contributed by atoms with E-state index in [0.717, 1.165) is 27.8 Å². The van der Waals surface area contributed by atoms with Gasteiger partial charge in [-0.2, -0.15) is 26.3 Å². The molecule has 0 atom stereocenters. The highest BCUT2D eigenvalue weighted by Crippen LogP contribution is 2.50. The zero-order chi connectivity index (χ0) is 25.6. The second-order valence-corrected chi connectivity index (χ2v) is 9.35. The fourth-order valence-electron chi connectivity index (χ4n) is 5.32. The molecule has 2 aromatic rings. The second-order valence-electron chi connectivity index (χ2n) is 9.35. The molecule has 0 radical (unpaired) electrons. The maximum atomic E-state index is 13.5. The molecule has 1 saturated heterocycles. The number of halogens is 6. The van der Waals surface area contributed by atoms with E-state index >= 15 is 0 Å². The normalized spacial score (nSPS) is 25.7. The molecule has 2 fully saturated rings. The number of carbonyl (C=O) groups is 1. The Morgan fingerprint density at radius 1 is 0.943 bits per heavy atom. The van der Waals surface area contributed by atoms with Crippen LogP contribution < -0.4 is 4.90 Å². The Morgan fingerprint density at radius 2 is 1.51 bits per heavy atom. The number of carbonyl (C=O) groups excluding carboxylic acids is 1. The van der Waals surface area contributed by atoms with Crippen molar-refractivity contribution in [2.45, 2.75) is 49.1 Å². The average molecular weight is 501 g/mol. The highest BCUT2D eigenvalue weighted by molar-refractivity contribution is 5.95. The Kier molecular flexibility index (Phi) is 6.23. The number of aromatic nitrogens is 2. The molecular weight excluding hydrogens is 476 g/mol. The van der Waals surface area contributed by atoms with Crippen molar-refractivity contribution in [2.75, 3.05) is 32.1 Å². The molecule has 12 heteroatoms. The number of urea groups is 1. The van der Waals surface area contributed by atoms with Crippen LogP contribution in [-0.4, -0.2) is 64.7 Å². The van der Waals surface area contributed by atoms with Crippen LogP contribution in [0.2, 0.25) is 0 Å². The van der Waals surface area contributed by atoms with E-state index in [-0.39, 0.29) is 12.2 Å². The van der Waals surface area contributed by atoms with Crippen molar-refractivity contribution in [2.24, 2.45) is 0 Å². The van der Waals surface area contributed by atoms with E-state index in [9.17, 15) is 31.1 Å². The number of benzene rings is 1. The first-order valence-electron chi connectivity index (χ1n) is 11.1. The van der Waals surface area contributed by atoms with Gasteiger partial charge in [0.05, 0.1) is 30.2 Å². The van der Waals surface area contributed by atoms with Crippen LogP contribution in [0.3, 0.4) is 0 Å². The van der Waals surface area contributed by atoms with Crippen molar-refractivity contribution in [3.63, 3.8) is 0 Å². The molecule has 1 aliphatic heterocycles. The van der Waals surface area contributed by atoms with Gasteiger partial charge in [-0.3, -0.25) is 9.80 Å². The highest BCUT2D eigenvalue weighted by Gasteiger charge is 2.57. The Hall–Kier alpha value is -2.89. The molecular formula is C23H25F6N5O. The number of hydrogen-bond donors (Lipinski definition) is 0. The van der Waals surface area contributed by atoms with Crippen LogP contribution >= 0.6 is 0 Å². The van der Waals surface area contributed by atoms with E-state index in [2.05, 4.69) is 14.9 Å². The first-order chi connectivity index (χ1) is 16.3. The van der Waals surface area contributed by atoms with Crippen LogP contribution in [0.1, 0.15) is 37.1 Å². The summed E-state index contributed by atoms with van der Waals surface area (Å²) in [5, 5.41) is 0. The summed E-state index contributed by atoms with van der Waals surface area (Å²) in [6.45, 7) is -1.53. The molecule has 1 spiro atoms. The maximum Gasteiger partial charge on any atom is 0.451 e. The maximum absolute atomic E-state index is 13.5. The standard InChI is InChI=1S/C23H25F6N5O/c1-32(2)21(16-6-4-3-5-7-16)10-8-20(9-11-21)14-33(19(35)34(20)15-22(24,25)26)17-12-30-18(31-13-17)23(27,28)29/h3-7,12-13H,8-11,14-15H2,1-2H3/t20-,21+. The van der Waals surface area contributed by atoms with Gasteiger partial charge >= 0.3 is 18.4 Å². The number of hydrogen-bond acceptors (Lipinski definition) is 4. The molecule has 0 unspecified atom stereocenters. The zero-order valence-corrected chi connectivity index (χ0v) is 19.2. The fraction of sp³-hybridized carbons (Fsp3) is 0.522. The van der Waals surface area contributed by atoms with Gasteiger partial charge in [-0.1, -0.05) is 30.3 Å². The molecule has 2 amide bonds. The number of alkyl halides is 6. The second kappa shape index (κ2) is 8.65. The molecule has 2 heterocycles. The molecule has 6 nitrogen and oxygen atoms in total. The molecule has 1 saturated carbocycles. The van der Waals surface area contributed by atoms with E-state index in [0.29, 0.717) is 25.7 Å². The molecule has 4 rings (SSSR count). The van der Waals surface area contributed by atoms with Gasteiger partial charge < -0.3 is 4.90 Å². The van der Waals surface area contributed by atoms with Gasteiger partial charge in [0, 0.05) is 5.54 Å². The average Bonchev–Trinajstić information content (AvgIpc) is 3.05. The predicted molar refractivity (Wildman–Crippen MR) is 116 cm³/mol. The zero-order valence-electron chi connectivity index (χ0n) is 19.2. The van der Waals surface area contributed by atoms with Gasteiger partial charge in [-0.25, -0.2) is 14.8 Å². The summed E-state index contributed by atoms with van der Waals surface area (Å²) in [5.41, 5.74) is -0.562. The number of nitrogens with zero attached hydrogens (tertiary/aromatic N) is 5. The van der Waals surface area contributed by atoms with Gasteiger partial charge in [-0.05, 0) is 45.3 Å². The lowest BCUT2D eigenvalue weighted by atomic mass is 9.68. The molecule has 35 heavy (non-hydrogen) atoms. The molecule has 2 aliphatic rings. The smallest absolute Gasteiger partial charge is 0.308 e. The van der Waals surface area contributed by atoms with Crippen molar-refractivity contribution >= 4 is 11.7 Å². The molecule has 0 N–H and O–H groups in total. The highest BCUT2D eigenvalue weighted by atomic mass is 19.4. The van der Waals surface area contributed by atoms with Crippen LogP contribution in [0.4, 0.5) is 36.8 Å². The van der Waals surface area contributed by atoms with Crippen molar-refractivity contribution in [1.29, 1.82) is 0 Å². The molecule has 1 aromatic carbocycles. The van der Waals surface area contributed by atoms with E-state index in [4.69, 9.17) is 0 Å². The molecule has 190 valence electrons. The monoisotopic (exact) mass is 501 g/mol.